The molecule has 0 aliphatic heterocycles. The fourth-order valence-corrected chi connectivity index (χ4v) is 2.35. The molecule has 0 saturated heterocycles. The zero-order valence-electron chi connectivity index (χ0n) is 12.3. The molecule has 8 heteroatoms. The smallest absolute Gasteiger partial charge is 0.418 e. The molecule has 0 aliphatic rings. The van der Waals surface area contributed by atoms with Crippen LogP contribution in [0, 0.1) is 5.82 Å². The van der Waals surface area contributed by atoms with E-state index < -0.39 is 17.6 Å². The van der Waals surface area contributed by atoms with Gasteiger partial charge in [0, 0.05) is 22.3 Å². The van der Waals surface area contributed by atoms with Crippen molar-refractivity contribution < 1.29 is 27.4 Å². The second-order valence-corrected chi connectivity index (χ2v) is 5.78. The summed E-state index contributed by atoms with van der Waals surface area (Å²) in [6.45, 7) is -0.503. The molecule has 0 radical (unpaired) electrons. The number of anilines is 1. The Hall–Kier alpha value is -1.80. The molecule has 2 aromatic rings. The maximum Gasteiger partial charge on any atom is 0.418 e. The fourth-order valence-electron chi connectivity index (χ4n) is 2.02. The maximum absolute atomic E-state index is 13.8. The molecule has 0 aromatic heterocycles. The standard InChI is InChI=1S/C16H14BrF4NO2/c17-11-2-1-10(14(18)7-11)9-22-15-4-3-12(24-6-5-23)8-13(15)16(19,20)21/h1-4,7-8,22-23H,5-6,9H2. The maximum atomic E-state index is 13.8. The van der Waals surface area contributed by atoms with Crippen molar-refractivity contribution in [3.8, 4) is 5.75 Å². The lowest BCUT2D eigenvalue weighted by Gasteiger charge is -2.16. The average molecular weight is 408 g/mol. The summed E-state index contributed by atoms with van der Waals surface area (Å²) in [4.78, 5) is 0. The molecule has 0 spiro atoms. The third kappa shape index (κ3) is 4.85. The Morgan fingerprint density at radius 2 is 1.88 bits per heavy atom. The highest BCUT2D eigenvalue weighted by atomic mass is 79.9. The van der Waals surface area contributed by atoms with Gasteiger partial charge >= 0.3 is 6.18 Å². The van der Waals surface area contributed by atoms with Crippen molar-refractivity contribution in [1.29, 1.82) is 0 Å². The fraction of sp³-hybridized carbons (Fsp3) is 0.250. The van der Waals surface area contributed by atoms with Crippen LogP contribution in [0.3, 0.4) is 0 Å². The van der Waals surface area contributed by atoms with E-state index in [2.05, 4.69) is 21.2 Å². The van der Waals surface area contributed by atoms with E-state index in [9.17, 15) is 17.6 Å². The second kappa shape index (κ2) is 7.85. The van der Waals surface area contributed by atoms with Crippen LogP contribution in [0.25, 0.3) is 0 Å². The largest absolute Gasteiger partial charge is 0.491 e. The lowest BCUT2D eigenvalue weighted by Crippen LogP contribution is -2.12. The number of halogens is 5. The summed E-state index contributed by atoms with van der Waals surface area (Å²) in [7, 11) is 0. The molecule has 0 bridgehead atoms. The SMILES string of the molecule is OCCOc1ccc(NCc2ccc(Br)cc2F)c(C(F)(F)F)c1. The van der Waals surface area contributed by atoms with Crippen LogP contribution in [0.4, 0.5) is 23.2 Å². The molecular formula is C16H14BrF4NO2. The molecule has 0 aliphatic carbocycles. The topological polar surface area (TPSA) is 41.5 Å². The summed E-state index contributed by atoms with van der Waals surface area (Å²) in [5.74, 6) is -0.523. The minimum atomic E-state index is -4.60. The van der Waals surface area contributed by atoms with Gasteiger partial charge < -0.3 is 15.2 Å². The first-order valence-electron chi connectivity index (χ1n) is 6.94. The summed E-state index contributed by atoms with van der Waals surface area (Å²) < 4.78 is 58.8. The van der Waals surface area contributed by atoms with Gasteiger partial charge in [-0.1, -0.05) is 22.0 Å². The summed E-state index contributed by atoms with van der Waals surface area (Å²) >= 11 is 3.12. The summed E-state index contributed by atoms with van der Waals surface area (Å²) in [6, 6.07) is 7.75. The molecule has 0 atom stereocenters. The van der Waals surface area contributed by atoms with Crippen LogP contribution in [0.15, 0.2) is 40.9 Å². The zero-order valence-corrected chi connectivity index (χ0v) is 13.9. The molecule has 0 heterocycles. The van der Waals surface area contributed by atoms with Crippen molar-refractivity contribution in [2.75, 3.05) is 18.5 Å². The van der Waals surface area contributed by atoms with Crippen LogP contribution in [-0.4, -0.2) is 18.3 Å². The number of benzene rings is 2. The van der Waals surface area contributed by atoms with Crippen LogP contribution >= 0.6 is 15.9 Å². The van der Waals surface area contributed by atoms with E-state index in [1.807, 2.05) is 0 Å². The van der Waals surface area contributed by atoms with Crippen molar-refractivity contribution in [2.45, 2.75) is 12.7 Å². The number of nitrogens with one attached hydrogen (secondary N) is 1. The van der Waals surface area contributed by atoms with E-state index in [0.717, 1.165) is 6.07 Å². The Bertz CT molecular complexity index is 707. The van der Waals surface area contributed by atoms with Gasteiger partial charge in [-0.3, -0.25) is 0 Å². The monoisotopic (exact) mass is 407 g/mol. The van der Waals surface area contributed by atoms with Gasteiger partial charge in [0.05, 0.1) is 12.2 Å². The molecule has 0 saturated carbocycles. The lowest BCUT2D eigenvalue weighted by molar-refractivity contribution is -0.137. The van der Waals surface area contributed by atoms with Gasteiger partial charge in [-0.15, -0.1) is 0 Å². The highest BCUT2D eigenvalue weighted by Gasteiger charge is 2.34. The Labute approximate surface area is 144 Å². The van der Waals surface area contributed by atoms with Crippen molar-refractivity contribution in [1.82, 2.24) is 0 Å². The molecule has 130 valence electrons. The van der Waals surface area contributed by atoms with Crippen LogP contribution in [0.1, 0.15) is 11.1 Å². The Kier molecular flexibility index (Phi) is 6.06. The van der Waals surface area contributed by atoms with Crippen molar-refractivity contribution >= 4 is 21.6 Å². The van der Waals surface area contributed by atoms with E-state index in [-0.39, 0.29) is 36.8 Å². The predicted octanol–water partition coefficient (Wildman–Crippen LogP) is 4.59. The van der Waals surface area contributed by atoms with Gasteiger partial charge in [0.25, 0.3) is 0 Å². The van der Waals surface area contributed by atoms with Gasteiger partial charge in [0.15, 0.2) is 0 Å². The number of hydrogen-bond donors (Lipinski definition) is 2. The zero-order chi connectivity index (χ0) is 17.7. The summed E-state index contributed by atoms with van der Waals surface area (Å²) in [5, 5.41) is 11.3. The molecule has 3 nitrogen and oxygen atoms in total. The van der Waals surface area contributed by atoms with Crippen molar-refractivity contribution in [3.05, 3.63) is 57.8 Å². The second-order valence-electron chi connectivity index (χ2n) is 4.87. The first-order chi connectivity index (χ1) is 11.3. The first-order valence-corrected chi connectivity index (χ1v) is 7.73. The third-order valence-electron chi connectivity index (χ3n) is 3.14. The number of aliphatic hydroxyl groups is 1. The van der Waals surface area contributed by atoms with Crippen molar-refractivity contribution in [2.24, 2.45) is 0 Å². The third-order valence-corrected chi connectivity index (χ3v) is 3.63. The Morgan fingerprint density at radius 3 is 2.50 bits per heavy atom. The number of rotatable bonds is 6. The molecule has 0 fully saturated rings. The Morgan fingerprint density at radius 1 is 1.12 bits per heavy atom. The van der Waals surface area contributed by atoms with Crippen LogP contribution in [0.5, 0.6) is 5.75 Å². The minimum absolute atomic E-state index is 0.00301. The van der Waals surface area contributed by atoms with Crippen LogP contribution < -0.4 is 10.1 Å². The minimum Gasteiger partial charge on any atom is -0.491 e. The predicted molar refractivity (Wildman–Crippen MR) is 85.5 cm³/mol. The van der Waals surface area contributed by atoms with Crippen LogP contribution in [0.2, 0.25) is 0 Å². The Balaban J connectivity index is 2.22. The molecule has 24 heavy (non-hydrogen) atoms. The quantitative estimate of drug-likeness (QED) is 0.688. The molecule has 0 unspecified atom stereocenters. The number of ether oxygens (including phenoxy) is 1. The lowest BCUT2D eigenvalue weighted by atomic mass is 10.1. The normalized spacial score (nSPS) is 11.4. The summed E-state index contributed by atoms with van der Waals surface area (Å²) in [5.41, 5.74) is -0.858. The van der Waals surface area contributed by atoms with E-state index in [0.29, 0.717) is 4.47 Å². The van der Waals surface area contributed by atoms with Gasteiger partial charge in [-0.2, -0.15) is 13.2 Å². The van der Waals surface area contributed by atoms with Gasteiger partial charge in [-0.05, 0) is 30.3 Å². The average Bonchev–Trinajstić information content (AvgIpc) is 2.51. The van der Waals surface area contributed by atoms with Gasteiger partial charge in [0.2, 0.25) is 0 Å². The first kappa shape index (κ1) is 18.5. The highest BCUT2D eigenvalue weighted by Crippen LogP contribution is 2.37. The molecule has 2 rings (SSSR count). The van der Waals surface area contributed by atoms with E-state index >= 15 is 0 Å². The van der Waals surface area contributed by atoms with Gasteiger partial charge in [-0.25, -0.2) is 4.39 Å². The van der Waals surface area contributed by atoms with Crippen molar-refractivity contribution in [3.63, 3.8) is 0 Å². The van der Waals surface area contributed by atoms with E-state index in [4.69, 9.17) is 9.84 Å². The number of aliphatic hydroxyl groups excluding tert-OH is 1. The van der Waals surface area contributed by atoms with Crippen LogP contribution in [-0.2, 0) is 12.7 Å². The number of hydrogen-bond acceptors (Lipinski definition) is 3. The highest BCUT2D eigenvalue weighted by molar-refractivity contribution is 9.10. The summed E-state index contributed by atoms with van der Waals surface area (Å²) in [6.07, 6.45) is -4.60. The van der Waals surface area contributed by atoms with Gasteiger partial charge in [0.1, 0.15) is 18.2 Å². The van der Waals surface area contributed by atoms with E-state index in [1.165, 1.54) is 24.3 Å². The molecule has 0 amide bonds. The molecular weight excluding hydrogens is 394 g/mol. The molecule has 2 aromatic carbocycles. The van der Waals surface area contributed by atoms with E-state index in [1.54, 1.807) is 6.07 Å². The molecule has 2 N–H and O–H groups in total. The number of alkyl halides is 3.